The number of nitrogens with zero attached hydrogens (tertiary/aromatic N) is 4. The van der Waals surface area contributed by atoms with Crippen molar-refractivity contribution in [1.29, 1.82) is 5.26 Å². The number of rotatable bonds is 22. The van der Waals surface area contributed by atoms with Gasteiger partial charge in [0, 0.05) is 42.4 Å². The van der Waals surface area contributed by atoms with Gasteiger partial charge in [0.1, 0.15) is 35.3 Å². The average Bonchev–Trinajstić information content (AvgIpc) is 3.66. The fourth-order valence-corrected chi connectivity index (χ4v) is 9.85. The third-order valence-corrected chi connectivity index (χ3v) is 13.5. The largest absolute Gasteiger partial charge is 0.497 e. The molecule has 1 aromatic heterocycles. The molecule has 68 heavy (non-hydrogen) atoms. The molecule has 2 heterocycles. The first-order valence-electron chi connectivity index (χ1n) is 22.1. The molecule has 4 aromatic carbocycles. The number of amides is 1. The molecule has 6 rings (SSSR count). The average molecular weight is 953 g/mol. The Kier molecular flexibility index (Phi) is 17.6. The van der Waals surface area contributed by atoms with E-state index < -0.39 is 60.9 Å². The van der Waals surface area contributed by atoms with E-state index in [2.05, 4.69) is 16.4 Å². The number of H-pyrrole nitrogens is 1. The van der Waals surface area contributed by atoms with Gasteiger partial charge in [-0.05, 0) is 81.1 Å². The number of hydrogen-bond donors (Lipinski definition) is 2. The van der Waals surface area contributed by atoms with Crippen molar-refractivity contribution in [2.45, 2.75) is 89.6 Å². The van der Waals surface area contributed by atoms with Crippen molar-refractivity contribution in [3.63, 3.8) is 0 Å². The topological polar surface area (TPSA) is 219 Å². The number of methoxy groups -OCH3 is 2. The summed E-state index contributed by atoms with van der Waals surface area (Å²) in [4.78, 5) is 53.5. The SMILES string of the molecule is COc1ccc(C(OC[C@H]2O[C@@H](n3cc(C)c(=O)[nH]c3=O)[C@@H](NC(=O)OCCc3ccc([N+](=O)[O-])cc3)[C@@H]2OP(OCCC#N)N(C(C)C)C(C)C)(c2ccccc2)c2ccc(OC)cc2)cc1. The maximum absolute atomic E-state index is 14.0. The van der Waals surface area contributed by atoms with Gasteiger partial charge >= 0.3 is 11.8 Å². The molecule has 19 heteroatoms. The van der Waals surface area contributed by atoms with Gasteiger partial charge in [-0.3, -0.25) is 24.5 Å². The molecule has 5 atom stereocenters. The van der Waals surface area contributed by atoms with Gasteiger partial charge in [-0.2, -0.15) is 5.26 Å². The van der Waals surface area contributed by atoms with E-state index in [9.17, 15) is 29.8 Å². The first-order valence-corrected chi connectivity index (χ1v) is 23.2. The number of nitro groups is 1. The Balaban J connectivity index is 1.47. The fourth-order valence-electron chi connectivity index (χ4n) is 8.07. The Hall–Kier alpha value is -6.45. The number of aryl methyl sites for hydroxylation is 1. The van der Waals surface area contributed by atoms with Crippen LogP contribution in [0.4, 0.5) is 10.5 Å². The van der Waals surface area contributed by atoms with Crippen LogP contribution >= 0.6 is 8.53 Å². The smallest absolute Gasteiger partial charge is 0.407 e. The second-order valence-electron chi connectivity index (χ2n) is 16.5. The molecule has 0 aliphatic carbocycles. The lowest BCUT2D eigenvalue weighted by molar-refractivity contribution is -0.384. The van der Waals surface area contributed by atoms with Gasteiger partial charge in [0.2, 0.25) is 0 Å². The maximum atomic E-state index is 14.0. The molecule has 0 bridgehead atoms. The molecular formula is C49H57N6O12P. The Morgan fingerprint density at radius 1 is 0.912 bits per heavy atom. The van der Waals surface area contributed by atoms with Crippen LogP contribution in [0, 0.1) is 28.4 Å². The van der Waals surface area contributed by atoms with Gasteiger partial charge in [-0.25, -0.2) is 14.3 Å². The highest BCUT2D eigenvalue weighted by molar-refractivity contribution is 7.44. The van der Waals surface area contributed by atoms with Gasteiger partial charge in [-0.1, -0.05) is 66.7 Å². The minimum atomic E-state index is -2.01. The predicted molar refractivity (Wildman–Crippen MR) is 253 cm³/mol. The highest BCUT2D eigenvalue weighted by Crippen LogP contribution is 2.51. The molecular weight excluding hydrogens is 896 g/mol. The van der Waals surface area contributed by atoms with E-state index >= 15 is 0 Å². The summed E-state index contributed by atoms with van der Waals surface area (Å²) in [5, 5.41) is 23.6. The molecule has 1 fully saturated rings. The van der Waals surface area contributed by atoms with Crippen molar-refractivity contribution in [3.05, 3.63) is 168 Å². The quantitative estimate of drug-likeness (QED) is 0.0224. The Morgan fingerprint density at radius 3 is 2.04 bits per heavy atom. The second kappa shape index (κ2) is 23.5. The van der Waals surface area contributed by atoms with Crippen molar-refractivity contribution >= 4 is 20.3 Å². The summed E-state index contributed by atoms with van der Waals surface area (Å²) >= 11 is 0. The normalized spacial score (nSPS) is 17.5. The van der Waals surface area contributed by atoms with E-state index in [0.717, 1.165) is 16.7 Å². The van der Waals surface area contributed by atoms with E-state index in [1.165, 1.54) is 29.8 Å². The van der Waals surface area contributed by atoms with E-state index in [0.29, 0.717) is 17.1 Å². The number of nitrogens with one attached hydrogen (secondary N) is 2. The third kappa shape index (κ3) is 12.0. The highest BCUT2D eigenvalue weighted by Gasteiger charge is 2.52. The van der Waals surface area contributed by atoms with E-state index in [4.69, 9.17) is 32.7 Å². The summed E-state index contributed by atoms with van der Waals surface area (Å²) in [5.41, 5.74) is 0.303. The van der Waals surface area contributed by atoms with Crippen molar-refractivity contribution < 1.29 is 42.4 Å². The van der Waals surface area contributed by atoms with Gasteiger partial charge in [0.25, 0.3) is 19.8 Å². The van der Waals surface area contributed by atoms with Gasteiger partial charge in [-0.15, -0.1) is 0 Å². The zero-order valence-corrected chi connectivity index (χ0v) is 39.9. The summed E-state index contributed by atoms with van der Waals surface area (Å²) in [7, 11) is 1.16. The van der Waals surface area contributed by atoms with Crippen LogP contribution in [-0.2, 0) is 35.3 Å². The molecule has 0 radical (unpaired) electrons. The first kappa shape index (κ1) is 51.0. The van der Waals surface area contributed by atoms with Crippen LogP contribution in [0.5, 0.6) is 11.5 Å². The number of benzene rings is 4. The van der Waals surface area contributed by atoms with Crippen LogP contribution in [0.25, 0.3) is 0 Å². The summed E-state index contributed by atoms with van der Waals surface area (Å²) in [6.07, 6.45) is -2.76. The minimum Gasteiger partial charge on any atom is -0.497 e. The molecule has 1 aliphatic heterocycles. The van der Waals surface area contributed by atoms with E-state index in [1.807, 2.05) is 111 Å². The van der Waals surface area contributed by atoms with Crippen molar-refractivity contribution in [3.8, 4) is 17.6 Å². The van der Waals surface area contributed by atoms with Crippen LogP contribution in [0.2, 0.25) is 0 Å². The summed E-state index contributed by atoms with van der Waals surface area (Å²) in [5.74, 6) is 1.25. The minimum absolute atomic E-state index is 0.0315. The molecule has 5 aromatic rings. The van der Waals surface area contributed by atoms with Gasteiger partial charge in [0.15, 0.2) is 6.23 Å². The monoisotopic (exact) mass is 952 g/mol. The summed E-state index contributed by atoms with van der Waals surface area (Å²) < 4.78 is 47.6. The van der Waals surface area contributed by atoms with Gasteiger partial charge in [0.05, 0.1) is 51.5 Å². The molecule has 1 unspecified atom stereocenters. The Bertz CT molecular complexity index is 2550. The number of carbonyl (C=O) groups is 1. The van der Waals surface area contributed by atoms with Crippen LogP contribution in [-0.4, -0.2) is 89.6 Å². The Labute approximate surface area is 395 Å². The lowest BCUT2D eigenvalue weighted by Gasteiger charge is -2.39. The standard InChI is InChI=1S/C49H57N6O12P/c1-32(2)54(33(3)4)68(65-28-11-27-50)67-44-42(31-64-49(36-12-9-8-10-13-36,37-16-22-40(61-6)23-17-37)38-18-24-41(62-7)25-19-38)66-46(53-30-34(5)45(56)52-47(53)57)43(44)51-48(58)63-29-26-35-14-20-39(21-15-35)55(59)60/h8-10,12-25,30,32-33,42-44,46H,11,26,28-29,31H2,1-7H3,(H,51,58)(H,52,56,57)/t42-,43+,44-,46-,68?/m1/s1. The molecule has 1 aliphatic rings. The number of non-ortho nitro benzene ring substituents is 1. The van der Waals surface area contributed by atoms with Crippen LogP contribution < -0.4 is 26.0 Å². The lowest BCUT2D eigenvalue weighted by atomic mass is 9.80. The number of aromatic nitrogens is 2. The number of aromatic amines is 1. The maximum Gasteiger partial charge on any atom is 0.407 e. The first-order chi connectivity index (χ1) is 32.7. The number of alkyl carbamates (subject to hydrolysis) is 1. The third-order valence-electron chi connectivity index (χ3n) is 11.3. The van der Waals surface area contributed by atoms with Crippen molar-refractivity contribution in [2.24, 2.45) is 0 Å². The summed E-state index contributed by atoms with van der Waals surface area (Å²) in [6.45, 7) is 9.18. The zero-order chi connectivity index (χ0) is 49.0. The van der Waals surface area contributed by atoms with Crippen LogP contribution in [0.15, 0.2) is 119 Å². The second-order valence-corrected chi connectivity index (χ2v) is 17.9. The molecule has 0 saturated carbocycles. The zero-order valence-electron chi connectivity index (χ0n) is 39.0. The van der Waals surface area contributed by atoms with Crippen LogP contribution in [0.1, 0.15) is 68.2 Å². The number of ether oxygens (including phenoxy) is 5. The van der Waals surface area contributed by atoms with Crippen LogP contribution in [0.3, 0.4) is 0 Å². The number of nitro benzene ring substituents is 1. The number of carbonyl (C=O) groups excluding carboxylic acids is 1. The lowest BCUT2D eigenvalue weighted by Crippen LogP contribution is -2.50. The van der Waals surface area contributed by atoms with Gasteiger partial charge < -0.3 is 38.0 Å². The number of hydrogen-bond acceptors (Lipinski definition) is 14. The number of nitriles is 1. The molecule has 2 N–H and O–H groups in total. The molecule has 360 valence electrons. The molecule has 1 saturated heterocycles. The molecule has 0 spiro atoms. The predicted octanol–water partition coefficient (Wildman–Crippen LogP) is 7.68. The van der Waals surface area contributed by atoms with Crippen molar-refractivity contribution in [2.75, 3.05) is 34.0 Å². The fraction of sp³-hybridized carbons (Fsp3) is 0.388. The molecule has 18 nitrogen and oxygen atoms in total. The summed E-state index contributed by atoms with van der Waals surface area (Å²) in [6, 6.07) is 31.2. The van der Waals surface area contributed by atoms with E-state index in [1.54, 1.807) is 26.4 Å². The highest BCUT2D eigenvalue weighted by atomic mass is 31.2. The molecule has 1 amide bonds. The van der Waals surface area contributed by atoms with E-state index in [-0.39, 0.29) is 56.0 Å². The van der Waals surface area contributed by atoms with Crippen molar-refractivity contribution in [1.82, 2.24) is 19.5 Å². The Morgan fingerprint density at radius 2 is 1.50 bits per heavy atom.